The van der Waals surface area contributed by atoms with E-state index in [2.05, 4.69) is 20.6 Å². The molecule has 11 heteroatoms. The lowest BCUT2D eigenvalue weighted by Gasteiger charge is -2.22. The first-order valence-electron chi connectivity index (χ1n) is 10.3. The van der Waals surface area contributed by atoms with Crippen molar-refractivity contribution in [2.75, 3.05) is 17.3 Å². The molecule has 0 heterocycles. The Morgan fingerprint density at radius 3 is 2.42 bits per heavy atom. The Morgan fingerprint density at radius 1 is 1.12 bits per heavy atom. The third-order valence-corrected chi connectivity index (χ3v) is 6.76. The molecular formula is C22H24ClN5O4S. The average molecular weight is 490 g/mol. The van der Waals surface area contributed by atoms with Gasteiger partial charge in [-0.25, -0.2) is 8.42 Å². The largest absolute Gasteiger partial charge is 0.495 e. The van der Waals surface area contributed by atoms with Crippen molar-refractivity contribution in [3.05, 3.63) is 47.5 Å². The van der Waals surface area contributed by atoms with Crippen LogP contribution >= 0.6 is 11.6 Å². The highest BCUT2D eigenvalue weighted by molar-refractivity contribution is 7.92. The number of carbonyl (C=O) groups excluding carboxylic acids is 1. The van der Waals surface area contributed by atoms with Crippen molar-refractivity contribution in [2.24, 2.45) is 5.10 Å². The van der Waals surface area contributed by atoms with Crippen molar-refractivity contribution < 1.29 is 17.9 Å². The number of hydrogen-bond donors (Lipinski definition) is 3. The number of anilines is 2. The molecule has 9 nitrogen and oxygen atoms in total. The SMILES string of the molecule is COc1ccc(NN=C(C#N)C(=O)NC2CCCCC2)cc1S(=O)(=O)Nc1ccc(Cl)cc1. The van der Waals surface area contributed by atoms with Crippen LogP contribution in [0.2, 0.25) is 5.02 Å². The highest BCUT2D eigenvalue weighted by Crippen LogP contribution is 2.29. The lowest BCUT2D eigenvalue weighted by atomic mass is 9.95. The van der Waals surface area contributed by atoms with E-state index in [4.69, 9.17) is 16.3 Å². The minimum absolute atomic E-state index is 0.0291. The summed E-state index contributed by atoms with van der Waals surface area (Å²) >= 11 is 5.85. The van der Waals surface area contributed by atoms with Crippen molar-refractivity contribution in [3.63, 3.8) is 0 Å². The normalized spacial score (nSPS) is 14.8. The number of hydrogen-bond acceptors (Lipinski definition) is 7. The van der Waals surface area contributed by atoms with Crippen LogP contribution in [0.25, 0.3) is 0 Å². The minimum atomic E-state index is -4.02. The Kier molecular flexibility index (Phi) is 8.14. The highest BCUT2D eigenvalue weighted by Gasteiger charge is 2.22. The maximum atomic E-state index is 12.9. The second-order valence-corrected chi connectivity index (χ2v) is 9.56. The van der Waals surface area contributed by atoms with Gasteiger partial charge in [0, 0.05) is 16.8 Å². The molecular weight excluding hydrogens is 466 g/mol. The van der Waals surface area contributed by atoms with E-state index in [1.807, 2.05) is 0 Å². The van der Waals surface area contributed by atoms with Crippen LogP contribution in [0.5, 0.6) is 5.75 Å². The first-order chi connectivity index (χ1) is 15.8. The predicted molar refractivity (Wildman–Crippen MR) is 127 cm³/mol. The van der Waals surface area contributed by atoms with E-state index in [9.17, 15) is 18.5 Å². The summed E-state index contributed by atoms with van der Waals surface area (Å²) in [5, 5.41) is 16.5. The summed E-state index contributed by atoms with van der Waals surface area (Å²) in [7, 11) is -2.67. The summed E-state index contributed by atoms with van der Waals surface area (Å²) in [5.41, 5.74) is 2.82. The average Bonchev–Trinajstić information content (AvgIpc) is 2.81. The molecule has 0 saturated heterocycles. The number of amides is 1. The molecule has 2 aromatic carbocycles. The summed E-state index contributed by atoms with van der Waals surface area (Å²) in [4.78, 5) is 12.2. The number of methoxy groups -OCH3 is 1. The quantitative estimate of drug-likeness (QED) is 0.380. The van der Waals surface area contributed by atoms with Gasteiger partial charge < -0.3 is 10.1 Å². The molecule has 0 unspecified atom stereocenters. The smallest absolute Gasteiger partial charge is 0.282 e. The molecule has 2 aromatic rings. The van der Waals surface area contributed by atoms with Crippen molar-refractivity contribution >= 4 is 44.6 Å². The first kappa shape index (κ1) is 24.4. The fourth-order valence-electron chi connectivity index (χ4n) is 3.43. The second kappa shape index (κ2) is 11.0. The number of nitrogens with one attached hydrogen (secondary N) is 3. The van der Waals surface area contributed by atoms with Gasteiger partial charge in [0.2, 0.25) is 5.71 Å². The van der Waals surface area contributed by atoms with Gasteiger partial charge in [0.25, 0.3) is 15.9 Å². The van der Waals surface area contributed by atoms with Gasteiger partial charge in [-0.1, -0.05) is 30.9 Å². The third kappa shape index (κ3) is 6.60. The van der Waals surface area contributed by atoms with Crippen molar-refractivity contribution in [1.82, 2.24) is 5.32 Å². The Labute approximate surface area is 197 Å². The van der Waals surface area contributed by atoms with Gasteiger partial charge in [0.05, 0.1) is 12.8 Å². The van der Waals surface area contributed by atoms with Crippen LogP contribution in [0, 0.1) is 11.3 Å². The molecule has 0 bridgehead atoms. The first-order valence-corrected chi connectivity index (χ1v) is 12.2. The van der Waals surface area contributed by atoms with E-state index in [0.717, 1.165) is 32.1 Å². The molecule has 0 spiro atoms. The van der Waals surface area contributed by atoms with Gasteiger partial charge in [-0.05, 0) is 55.3 Å². The van der Waals surface area contributed by atoms with Crippen LogP contribution in [0.4, 0.5) is 11.4 Å². The van der Waals surface area contributed by atoms with Crippen molar-refractivity contribution in [2.45, 2.75) is 43.0 Å². The van der Waals surface area contributed by atoms with Crippen LogP contribution < -0.4 is 20.2 Å². The number of sulfonamides is 1. The number of carbonyl (C=O) groups is 1. The molecule has 1 aliphatic carbocycles. The predicted octanol–water partition coefficient (Wildman–Crippen LogP) is 3.89. The number of rotatable bonds is 8. The summed E-state index contributed by atoms with van der Waals surface area (Å²) < 4.78 is 33.5. The Morgan fingerprint density at radius 2 is 1.79 bits per heavy atom. The lowest BCUT2D eigenvalue weighted by molar-refractivity contribution is -0.115. The molecule has 3 N–H and O–H groups in total. The van der Waals surface area contributed by atoms with Crippen LogP contribution in [-0.2, 0) is 14.8 Å². The van der Waals surface area contributed by atoms with Crippen LogP contribution in [-0.4, -0.2) is 33.2 Å². The molecule has 0 aliphatic heterocycles. The van der Waals surface area contributed by atoms with E-state index < -0.39 is 15.9 Å². The van der Waals surface area contributed by atoms with E-state index in [-0.39, 0.29) is 28.1 Å². The van der Waals surface area contributed by atoms with E-state index in [1.54, 1.807) is 18.2 Å². The Hall–Kier alpha value is -3.29. The number of ether oxygens (including phenoxy) is 1. The fourth-order valence-corrected chi connectivity index (χ4v) is 4.81. The second-order valence-electron chi connectivity index (χ2n) is 7.47. The lowest BCUT2D eigenvalue weighted by Crippen LogP contribution is -2.40. The zero-order valence-electron chi connectivity index (χ0n) is 18.0. The molecule has 1 saturated carbocycles. The van der Waals surface area contributed by atoms with E-state index in [1.165, 1.54) is 37.4 Å². The van der Waals surface area contributed by atoms with Crippen molar-refractivity contribution in [3.8, 4) is 11.8 Å². The van der Waals surface area contributed by atoms with Gasteiger partial charge in [0.1, 0.15) is 16.7 Å². The zero-order valence-corrected chi connectivity index (χ0v) is 19.5. The van der Waals surface area contributed by atoms with Gasteiger partial charge in [-0.15, -0.1) is 0 Å². The Bertz CT molecular complexity index is 1170. The van der Waals surface area contributed by atoms with E-state index in [0.29, 0.717) is 10.7 Å². The van der Waals surface area contributed by atoms with Crippen molar-refractivity contribution in [1.29, 1.82) is 5.26 Å². The number of nitriles is 1. The summed E-state index contributed by atoms with van der Waals surface area (Å²) in [6, 6.07) is 12.3. The third-order valence-electron chi connectivity index (χ3n) is 5.11. The standard InChI is InChI=1S/C22H24ClN5O4S/c1-32-20-12-11-18(13-21(20)33(30,31)28-17-9-7-15(23)8-10-17)26-27-19(14-24)22(29)25-16-5-3-2-4-6-16/h7-13,16,26,28H,2-6H2,1H3,(H,25,29). The molecule has 0 radical (unpaired) electrons. The van der Waals surface area contributed by atoms with Gasteiger partial charge in [-0.3, -0.25) is 14.9 Å². The number of nitrogens with zero attached hydrogens (tertiary/aromatic N) is 2. The summed E-state index contributed by atoms with van der Waals surface area (Å²) in [6.07, 6.45) is 4.96. The van der Waals surface area contributed by atoms with Crippen LogP contribution in [0.3, 0.4) is 0 Å². The molecule has 0 aromatic heterocycles. The summed E-state index contributed by atoms with van der Waals surface area (Å²) in [5.74, 6) is -0.454. The summed E-state index contributed by atoms with van der Waals surface area (Å²) in [6.45, 7) is 0. The van der Waals surface area contributed by atoms with Gasteiger partial charge in [0.15, 0.2) is 0 Å². The molecule has 3 rings (SSSR count). The minimum Gasteiger partial charge on any atom is -0.495 e. The maximum absolute atomic E-state index is 12.9. The highest BCUT2D eigenvalue weighted by atomic mass is 35.5. The van der Waals surface area contributed by atoms with Gasteiger partial charge >= 0.3 is 0 Å². The maximum Gasteiger partial charge on any atom is 0.282 e. The topological polar surface area (TPSA) is 133 Å². The number of halogens is 1. The molecule has 1 amide bonds. The molecule has 0 atom stereocenters. The number of hydrazone groups is 1. The molecule has 33 heavy (non-hydrogen) atoms. The fraction of sp³-hybridized carbons (Fsp3) is 0.318. The number of benzene rings is 2. The monoisotopic (exact) mass is 489 g/mol. The van der Waals surface area contributed by atoms with Gasteiger partial charge in [-0.2, -0.15) is 10.4 Å². The molecule has 1 aliphatic rings. The molecule has 174 valence electrons. The molecule has 1 fully saturated rings. The Balaban J connectivity index is 1.78. The van der Waals surface area contributed by atoms with Crippen LogP contribution in [0.15, 0.2) is 52.5 Å². The van der Waals surface area contributed by atoms with E-state index >= 15 is 0 Å². The zero-order chi connectivity index (χ0) is 23.8. The van der Waals surface area contributed by atoms with Crippen LogP contribution in [0.1, 0.15) is 32.1 Å².